The molecule has 0 bridgehead atoms. The summed E-state index contributed by atoms with van der Waals surface area (Å²) in [7, 11) is 0. The van der Waals surface area contributed by atoms with Gasteiger partial charge in [-0.2, -0.15) is 0 Å². The average molecular weight is 470 g/mol. The lowest BCUT2D eigenvalue weighted by Crippen LogP contribution is -2.59. The molecule has 2 aliphatic heterocycles. The van der Waals surface area contributed by atoms with Crippen molar-refractivity contribution in [2.75, 3.05) is 26.2 Å². The molecule has 2 heterocycles. The number of carbonyl (C=O) groups excluding carboxylic acids is 3. The quantitative estimate of drug-likeness (QED) is 0.646. The molecule has 0 aromatic heterocycles. The third-order valence-corrected chi connectivity index (χ3v) is 6.37. The summed E-state index contributed by atoms with van der Waals surface area (Å²) in [6.45, 7) is 2.72. The summed E-state index contributed by atoms with van der Waals surface area (Å²) in [5.41, 5.74) is 1.68. The summed E-state index contributed by atoms with van der Waals surface area (Å²) in [5.74, 6) is -0.843. The predicted molar refractivity (Wildman–Crippen MR) is 117 cm³/mol. The molecule has 7 heteroatoms. The first-order chi connectivity index (χ1) is 14.5. The van der Waals surface area contributed by atoms with Crippen LogP contribution in [0.1, 0.15) is 28.8 Å². The van der Waals surface area contributed by atoms with Crippen LogP contribution in [0.15, 0.2) is 59.1 Å². The molecule has 2 saturated heterocycles. The summed E-state index contributed by atoms with van der Waals surface area (Å²) in [6, 6.07) is 17.1. The molecule has 30 heavy (non-hydrogen) atoms. The molecule has 6 nitrogen and oxygen atoms in total. The maximum absolute atomic E-state index is 12.7. The van der Waals surface area contributed by atoms with E-state index in [1.54, 1.807) is 9.80 Å². The van der Waals surface area contributed by atoms with Crippen molar-refractivity contribution in [3.63, 3.8) is 0 Å². The molecule has 0 atom stereocenters. The van der Waals surface area contributed by atoms with Crippen molar-refractivity contribution in [1.82, 2.24) is 14.7 Å². The number of piperazine rings is 1. The van der Waals surface area contributed by atoms with Gasteiger partial charge in [-0.1, -0.05) is 46.3 Å². The molecule has 0 unspecified atom stereocenters. The number of benzene rings is 2. The maximum atomic E-state index is 12.7. The van der Waals surface area contributed by atoms with Gasteiger partial charge >= 0.3 is 11.8 Å². The van der Waals surface area contributed by atoms with Crippen LogP contribution in [0.4, 0.5) is 0 Å². The minimum absolute atomic E-state index is 0.00860. The molecule has 0 aliphatic carbocycles. The van der Waals surface area contributed by atoms with E-state index >= 15 is 0 Å². The highest BCUT2D eigenvalue weighted by Crippen LogP contribution is 2.22. The molecule has 2 aromatic carbocycles. The van der Waals surface area contributed by atoms with Crippen molar-refractivity contribution < 1.29 is 14.4 Å². The number of hydrogen-bond acceptors (Lipinski definition) is 3. The maximum Gasteiger partial charge on any atom is 0.312 e. The van der Waals surface area contributed by atoms with Crippen molar-refractivity contribution in [3.8, 4) is 0 Å². The summed E-state index contributed by atoms with van der Waals surface area (Å²) in [6.07, 6.45) is 1.39. The molecule has 2 fully saturated rings. The van der Waals surface area contributed by atoms with Crippen molar-refractivity contribution in [2.45, 2.75) is 25.4 Å². The molecule has 2 aromatic rings. The second kappa shape index (κ2) is 9.00. The van der Waals surface area contributed by atoms with Gasteiger partial charge < -0.3 is 14.7 Å². The van der Waals surface area contributed by atoms with E-state index in [1.165, 1.54) is 0 Å². The van der Waals surface area contributed by atoms with Crippen LogP contribution < -0.4 is 0 Å². The highest BCUT2D eigenvalue weighted by Gasteiger charge is 2.38. The number of hydrogen-bond donors (Lipinski definition) is 0. The van der Waals surface area contributed by atoms with Crippen LogP contribution in [0.3, 0.4) is 0 Å². The topological polar surface area (TPSA) is 60.9 Å². The first-order valence-electron chi connectivity index (χ1n) is 10.2. The Bertz CT molecular complexity index is 924. The zero-order chi connectivity index (χ0) is 21.1. The molecule has 0 spiro atoms. The molecule has 156 valence electrons. The molecular formula is C23H24BrN3O3. The average Bonchev–Trinajstić information content (AvgIpc) is 2.78. The Hall–Kier alpha value is -2.67. The van der Waals surface area contributed by atoms with E-state index in [-0.39, 0.29) is 11.9 Å². The number of likely N-dealkylation sites (tertiary alicyclic amines) is 1. The zero-order valence-electron chi connectivity index (χ0n) is 16.7. The third-order valence-electron chi connectivity index (χ3n) is 5.84. The SMILES string of the molecule is O=C1C(=O)N(C2CCN(C(=O)c3ccc(Br)cc3)CC2)CCN1Cc1ccccc1. The molecular weight excluding hydrogens is 446 g/mol. The van der Waals surface area contributed by atoms with Crippen molar-refractivity contribution >= 4 is 33.7 Å². The van der Waals surface area contributed by atoms with Gasteiger partial charge in [0.15, 0.2) is 0 Å². The fraction of sp³-hybridized carbons (Fsp3) is 0.348. The van der Waals surface area contributed by atoms with Gasteiger partial charge in [0.25, 0.3) is 5.91 Å². The van der Waals surface area contributed by atoms with Crippen LogP contribution in [0.5, 0.6) is 0 Å². The van der Waals surface area contributed by atoms with E-state index in [0.29, 0.717) is 51.1 Å². The van der Waals surface area contributed by atoms with E-state index in [4.69, 9.17) is 0 Å². The standard InChI is InChI=1S/C23H24BrN3O3/c24-19-8-6-18(7-9-19)21(28)25-12-10-20(11-13-25)27-15-14-26(22(29)23(27)30)16-17-4-2-1-3-5-17/h1-9,20H,10-16H2. The van der Waals surface area contributed by atoms with E-state index in [9.17, 15) is 14.4 Å². The van der Waals surface area contributed by atoms with Crippen LogP contribution >= 0.6 is 15.9 Å². The fourth-order valence-corrected chi connectivity index (χ4v) is 4.41. The Labute approximate surface area is 184 Å². The van der Waals surface area contributed by atoms with Gasteiger partial charge in [-0.25, -0.2) is 0 Å². The molecule has 0 radical (unpaired) electrons. The Balaban J connectivity index is 1.33. The number of amides is 3. The number of halogens is 1. The fourth-order valence-electron chi connectivity index (χ4n) is 4.15. The van der Waals surface area contributed by atoms with Crippen LogP contribution in [0, 0.1) is 0 Å². The van der Waals surface area contributed by atoms with Crippen LogP contribution in [0.2, 0.25) is 0 Å². The smallest absolute Gasteiger partial charge is 0.312 e. The van der Waals surface area contributed by atoms with Gasteiger partial charge in [0, 0.05) is 48.8 Å². The van der Waals surface area contributed by atoms with E-state index < -0.39 is 11.8 Å². The Morgan fingerprint density at radius 1 is 0.867 bits per heavy atom. The predicted octanol–water partition coefficient (Wildman–Crippen LogP) is 2.92. The lowest BCUT2D eigenvalue weighted by molar-refractivity contribution is -0.158. The lowest BCUT2D eigenvalue weighted by Gasteiger charge is -2.42. The second-order valence-electron chi connectivity index (χ2n) is 7.74. The number of rotatable bonds is 4. The van der Waals surface area contributed by atoms with Gasteiger partial charge in [0.2, 0.25) is 0 Å². The minimum Gasteiger partial charge on any atom is -0.338 e. The van der Waals surface area contributed by atoms with E-state index in [2.05, 4.69) is 15.9 Å². The van der Waals surface area contributed by atoms with Crippen LogP contribution in [0.25, 0.3) is 0 Å². The van der Waals surface area contributed by atoms with Gasteiger partial charge in [0.1, 0.15) is 0 Å². The van der Waals surface area contributed by atoms with Crippen LogP contribution in [-0.2, 0) is 16.1 Å². The van der Waals surface area contributed by atoms with E-state index in [0.717, 1.165) is 10.0 Å². The monoisotopic (exact) mass is 469 g/mol. The zero-order valence-corrected chi connectivity index (χ0v) is 18.3. The molecule has 0 N–H and O–H groups in total. The summed E-state index contributed by atoms with van der Waals surface area (Å²) in [4.78, 5) is 43.2. The van der Waals surface area contributed by atoms with Crippen molar-refractivity contribution in [2.24, 2.45) is 0 Å². The summed E-state index contributed by atoms with van der Waals surface area (Å²) >= 11 is 3.38. The Morgan fingerprint density at radius 2 is 1.53 bits per heavy atom. The van der Waals surface area contributed by atoms with Gasteiger partial charge in [-0.15, -0.1) is 0 Å². The lowest BCUT2D eigenvalue weighted by atomic mass is 10.0. The summed E-state index contributed by atoms with van der Waals surface area (Å²) < 4.78 is 0.937. The largest absolute Gasteiger partial charge is 0.338 e. The number of nitrogens with zero attached hydrogens (tertiary/aromatic N) is 3. The van der Waals surface area contributed by atoms with Crippen molar-refractivity contribution in [3.05, 3.63) is 70.2 Å². The number of carbonyl (C=O) groups is 3. The van der Waals surface area contributed by atoms with Crippen LogP contribution in [-0.4, -0.2) is 64.6 Å². The first kappa shape index (κ1) is 20.6. The summed E-state index contributed by atoms with van der Waals surface area (Å²) in [5, 5.41) is 0. The van der Waals surface area contributed by atoms with Gasteiger partial charge in [-0.05, 0) is 42.7 Å². The minimum atomic E-state index is -0.432. The Morgan fingerprint density at radius 3 is 2.20 bits per heavy atom. The first-order valence-corrected chi connectivity index (χ1v) is 11.0. The van der Waals surface area contributed by atoms with Gasteiger partial charge in [-0.3, -0.25) is 14.4 Å². The highest BCUT2D eigenvalue weighted by molar-refractivity contribution is 9.10. The number of piperidine rings is 1. The second-order valence-corrected chi connectivity index (χ2v) is 8.66. The highest BCUT2D eigenvalue weighted by atomic mass is 79.9. The molecule has 4 rings (SSSR count). The Kier molecular flexibility index (Phi) is 6.18. The molecule has 2 aliphatic rings. The van der Waals surface area contributed by atoms with Crippen molar-refractivity contribution in [1.29, 1.82) is 0 Å². The molecule has 3 amide bonds. The third kappa shape index (κ3) is 4.41. The van der Waals surface area contributed by atoms with Gasteiger partial charge in [0.05, 0.1) is 0 Å². The van der Waals surface area contributed by atoms with E-state index in [1.807, 2.05) is 59.5 Å². The normalized spacial score (nSPS) is 18.1. The molecule has 0 saturated carbocycles.